The Hall–Kier alpha value is -4.42. The first-order valence-corrected chi connectivity index (χ1v) is 12.5. The maximum absolute atomic E-state index is 14.6. The van der Waals surface area contributed by atoms with Crippen LogP contribution < -0.4 is 20.9 Å². The van der Waals surface area contributed by atoms with Gasteiger partial charge >= 0.3 is 24.2 Å². The van der Waals surface area contributed by atoms with E-state index < -0.39 is 49.2 Å². The molecule has 13 heteroatoms. The van der Waals surface area contributed by atoms with Gasteiger partial charge in [0.15, 0.2) is 0 Å². The lowest BCUT2D eigenvalue weighted by Crippen LogP contribution is -2.36. The fourth-order valence-corrected chi connectivity index (χ4v) is 3.54. The fraction of sp³-hybridized carbons (Fsp3) is 0.276. The first-order chi connectivity index (χ1) is 19.7. The fourth-order valence-electron chi connectivity index (χ4n) is 3.54. The molecule has 0 unspecified atom stereocenters. The third-order valence-electron chi connectivity index (χ3n) is 5.83. The van der Waals surface area contributed by atoms with Gasteiger partial charge in [0.2, 0.25) is 0 Å². The first-order valence-electron chi connectivity index (χ1n) is 12.5. The summed E-state index contributed by atoms with van der Waals surface area (Å²) in [7, 11) is 0. The smallest absolute Gasteiger partial charge is 0.453 e. The number of halogens is 7. The van der Waals surface area contributed by atoms with Gasteiger partial charge in [-0.15, -0.1) is 0 Å². The van der Waals surface area contributed by atoms with Gasteiger partial charge in [0.05, 0.1) is 18.8 Å². The molecule has 0 fully saturated rings. The Kier molecular flexibility index (Phi) is 10.3. The van der Waals surface area contributed by atoms with Gasteiger partial charge in [0.1, 0.15) is 11.5 Å². The lowest BCUT2D eigenvalue weighted by atomic mass is 10.1. The molecule has 0 aromatic heterocycles. The molecule has 3 aromatic carbocycles. The van der Waals surface area contributed by atoms with Crippen molar-refractivity contribution in [2.24, 2.45) is 0 Å². The van der Waals surface area contributed by atoms with E-state index in [-0.39, 0.29) is 18.1 Å². The van der Waals surface area contributed by atoms with Crippen molar-refractivity contribution in [1.29, 1.82) is 0 Å². The minimum Gasteiger partial charge on any atom is -0.494 e. The number of carbonyl (C=O) groups excluding carboxylic acids is 1. The average Bonchev–Trinajstić information content (AvgIpc) is 2.91. The summed E-state index contributed by atoms with van der Waals surface area (Å²) in [6, 6.07) is 14.7. The first kappa shape index (κ1) is 32.1. The second-order valence-corrected chi connectivity index (χ2v) is 9.08. The van der Waals surface area contributed by atoms with Crippen LogP contribution in [0.25, 0.3) is 6.08 Å². The highest BCUT2D eigenvalue weighted by atomic mass is 19.4. The molecule has 0 saturated carbocycles. The molecular formula is C29H27F7N2O4. The van der Waals surface area contributed by atoms with Crippen molar-refractivity contribution in [2.45, 2.75) is 37.5 Å². The highest BCUT2D eigenvalue weighted by molar-refractivity contribution is 5.87. The molecule has 6 nitrogen and oxygen atoms in total. The average molecular weight is 601 g/mol. The zero-order valence-electron chi connectivity index (χ0n) is 22.0. The minimum absolute atomic E-state index is 0.0741. The topological polar surface area (TPSA) is 96.8 Å². The SMILES string of the molecule is Nc1ccc(CCOC(=O)/C=C/c2ccc(C(F)(F)Oc3ccc(OCCCC(F)(F)C(F)(F)F)cc3)cc2)c(N)c1. The van der Waals surface area contributed by atoms with E-state index in [0.717, 1.165) is 35.9 Å². The summed E-state index contributed by atoms with van der Waals surface area (Å²) in [5.41, 5.74) is 13.3. The molecule has 0 bridgehead atoms. The Labute approximate surface area is 236 Å². The normalized spacial score (nSPS) is 12.4. The van der Waals surface area contributed by atoms with Gasteiger partial charge in [0.25, 0.3) is 0 Å². The molecule has 3 rings (SSSR count). The summed E-state index contributed by atoms with van der Waals surface area (Å²) >= 11 is 0. The van der Waals surface area contributed by atoms with Crippen LogP contribution in [0.5, 0.6) is 11.5 Å². The Bertz CT molecular complexity index is 1360. The van der Waals surface area contributed by atoms with Gasteiger partial charge in [-0.3, -0.25) is 0 Å². The largest absolute Gasteiger partial charge is 0.494 e. The molecule has 0 atom stereocenters. The van der Waals surface area contributed by atoms with Gasteiger partial charge < -0.3 is 25.7 Å². The van der Waals surface area contributed by atoms with E-state index >= 15 is 0 Å². The van der Waals surface area contributed by atoms with Crippen LogP contribution >= 0.6 is 0 Å². The predicted molar refractivity (Wildman–Crippen MR) is 142 cm³/mol. The molecular weight excluding hydrogens is 573 g/mol. The number of anilines is 2. The number of esters is 1. The monoisotopic (exact) mass is 600 g/mol. The van der Waals surface area contributed by atoms with Gasteiger partial charge in [-0.05, 0) is 72.2 Å². The van der Waals surface area contributed by atoms with E-state index in [9.17, 15) is 35.5 Å². The molecule has 226 valence electrons. The highest BCUT2D eigenvalue weighted by Gasteiger charge is 2.56. The van der Waals surface area contributed by atoms with Crippen molar-refractivity contribution in [1.82, 2.24) is 0 Å². The maximum atomic E-state index is 14.6. The molecule has 42 heavy (non-hydrogen) atoms. The van der Waals surface area contributed by atoms with Crippen LogP contribution in [0.4, 0.5) is 42.1 Å². The number of benzene rings is 3. The third-order valence-corrected chi connectivity index (χ3v) is 5.83. The second kappa shape index (κ2) is 13.5. The minimum atomic E-state index is -5.64. The molecule has 3 aromatic rings. The van der Waals surface area contributed by atoms with E-state index in [2.05, 4.69) is 0 Å². The summed E-state index contributed by atoms with van der Waals surface area (Å²) in [4.78, 5) is 12.0. The van der Waals surface area contributed by atoms with Crippen molar-refractivity contribution in [3.8, 4) is 11.5 Å². The predicted octanol–water partition coefficient (Wildman–Crippen LogP) is 7.14. The van der Waals surface area contributed by atoms with E-state index in [1.165, 1.54) is 30.3 Å². The number of carbonyl (C=O) groups is 1. The molecule has 0 spiro atoms. The second-order valence-electron chi connectivity index (χ2n) is 9.08. The number of nitrogens with two attached hydrogens (primary N) is 2. The Morgan fingerprint density at radius 2 is 1.45 bits per heavy atom. The Morgan fingerprint density at radius 3 is 2.07 bits per heavy atom. The Morgan fingerprint density at radius 1 is 0.810 bits per heavy atom. The van der Waals surface area contributed by atoms with Crippen molar-refractivity contribution < 1.29 is 49.7 Å². The van der Waals surface area contributed by atoms with E-state index in [1.807, 2.05) is 0 Å². The van der Waals surface area contributed by atoms with Crippen molar-refractivity contribution in [3.63, 3.8) is 0 Å². The van der Waals surface area contributed by atoms with E-state index in [1.54, 1.807) is 18.2 Å². The summed E-state index contributed by atoms with van der Waals surface area (Å²) in [5.74, 6) is -5.63. The van der Waals surface area contributed by atoms with Gasteiger partial charge in [-0.2, -0.15) is 30.7 Å². The highest BCUT2D eigenvalue weighted by Crippen LogP contribution is 2.39. The molecule has 4 N–H and O–H groups in total. The van der Waals surface area contributed by atoms with Crippen molar-refractivity contribution in [2.75, 3.05) is 24.7 Å². The van der Waals surface area contributed by atoms with Gasteiger partial charge in [0, 0.05) is 30.3 Å². The number of hydrogen-bond acceptors (Lipinski definition) is 6. The van der Waals surface area contributed by atoms with Crippen LogP contribution in [-0.2, 0) is 22.1 Å². The van der Waals surface area contributed by atoms with Crippen LogP contribution in [0.2, 0.25) is 0 Å². The molecule has 0 aliphatic rings. The zero-order chi connectivity index (χ0) is 31.0. The van der Waals surface area contributed by atoms with Gasteiger partial charge in [-0.1, -0.05) is 18.2 Å². The summed E-state index contributed by atoms with van der Waals surface area (Å²) in [5, 5.41) is 0. The molecule has 0 saturated heterocycles. The zero-order valence-corrected chi connectivity index (χ0v) is 22.0. The lowest BCUT2D eigenvalue weighted by Gasteiger charge is -2.19. The van der Waals surface area contributed by atoms with Crippen molar-refractivity contribution >= 4 is 23.4 Å². The van der Waals surface area contributed by atoms with Crippen LogP contribution in [0.15, 0.2) is 72.8 Å². The molecule has 0 heterocycles. The number of nitrogen functional groups attached to an aromatic ring is 2. The van der Waals surface area contributed by atoms with Crippen LogP contribution in [0, 0.1) is 0 Å². The number of hydrogen-bond donors (Lipinski definition) is 2. The number of rotatable bonds is 13. The number of ether oxygens (including phenoxy) is 3. The summed E-state index contributed by atoms with van der Waals surface area (Å²) in [6.07, 6.45) is -8.46. The van der Waals surface area contributed by atoms with Gasteiger partial charge in [-0.25, -0.2) is 4.79 Å². The third kappa shape index (κ3) is 9.32. The van der Waals surface area contributed by atoms with Crippen LogP contribution in [0.1, 0.15) is 29.5 Å². The molecule has 0 aliphatic carbocycles. The van der Waals surface area contributed by atoms with Crippen molar-refractivity contribution in [3.05, 3.63) is 89.5 Å². The quantitative estimate of drug-likeness (QED) is 0.0712. The summed E-state index contributed by atoms with van der Waals surface area (Å²) < 4.78 is 107. The standard InChI is InChI=1S/C29H27F7N2O4/c30-27(31,29(34,35)36)15-1-16-40-23-9-11-24(12-10-23)42-28(32,33)21-6-2-19(3-7-21)4-13-26(39)41-17-14-20-5-8-22(37)18-25(20)38/h2-13,18H,1,14-17,37-38H2/b13-4+. The van der Waals surface area contributed by atoms with E-state index in [0.29, 0.717) is 23.4 Å². The van der Waals surface area contributed by atoms with Crippen LogP contribution in [0.3, 0.4) is 0 Å². The molecule has 0 radical (unpaired) electrons. The lowest BCUT2D eigenvalue weighted by molar-refractivity contribution is -0.284. The Balaban J connectivity index is 1.46. The molecule has 0 aliphatic heterocycles. The van der Waals surface area contributed by atoms with Crippen LogP contribution in [-0.4, -0.2) is 31.3 Å². The summed E-state index contributed by atoms with van der Waals surface area (Å²) in [6.45, 7) is -0.354. The number of alkyl halides is 7. The maximum Gasteiger partial charge on any atom is 0.453 e. The molecule has 0 amide bonds. The van der Waals surface area contributed by atoms with E-state index in [4.69, 9.17) is 25.7 Å².